The summed E-state index contributed by atoms with van der Waals surface area (Å²) in [6, 6.07) is 11.6. The third kappa shape index (κ3) is 2.65. The molecule has 0 aliphatic heterocycles. The fourth-order valence-electron chi connectivity index (χ4n) is 2.47. The SMILES string of the molecule is CCCc1nc2cc(N)ccc2n1-c1ccc(Cl)cc1Br. The minimum atomic E-state index is 0.705. The van der Waals surface area contributed by atoms with E-state index in [1.807, 2.05) is 36.4 Å². The smallest absolute Gasteiger partial charge is 0.114 e. The Hall–Kier alpha value is -1.52. The Balaban J connectivity index is 2.30. The molecule has 0 amide bonds. The van der Waals surface area contributed by atoms with Gasteiger partial charge in [0.2, 0.25) is 0 Å². The van der Waals surface area contributed by atoms with Gasteiger partial charge in [0, 0.05) is 21.6 Å². The Labute approximate surface area is 136 Å². The minimum Gasteiger partial charge on any atom is -0.399 e. The first kappa shape index (κ1) is 14.4. The number of hydrogen-bond acceptors (Lipinski definition) is 2. The van der Waals surface area contributed by atoms with Gasteiger partial charge in [0.1, 0.15) is 5.82 Å². The van der Waals surface area contributed by atoms with Crippen molar-refractivity contribution >= 4 is 44.3 Å². The monoisotopic (exact) mass is 363 g/mol. The Morgan fingerprint density at radius 2 is 2.05 bits per heavy atom. The van der Waals surface area contributed by atoms with Gasteiger partial charge in [-0.1, -0.05) is 18.5 Å². The predicted octanol–water partition coefficient (Wildman–Crippen LogP) is 4.98. The fourth-order valence-corrected chi connectivity index (χ4v) is 3.33. The number of aromatic nitrogens is 2. The van der Waals surface area contributed by atoms with Crippen molar-refractivity contribution in [2.75, 3.05) is 5.73 Å². The highest BCUT2D eigenvalue weighted by Crippen LogP contribution is 2.30. The highest BCUT2D eigenvalue weighted by molar-refractivity contribution is 9.10. The number of rotatable bonds is 3. The van der Waals surface area contributed by atoms with Crippen molar-refractivity contribution in [3.8, 4) is 5.69 Å². The molecule has 21 heavy (non-hydrogen) atoms. The van der Waals surface area contributed by atoms with Gasteiger partial charge < -0.3 is 5.73 Å². The first-order valence-electron chi connectivity index (χ1n) is 6.82. The van der Waals surface area contributed by atoms with Crippen LogP contribution >= 0.6 is 27.5 Å². The number of imidazole rings is 1. The quantitative estimate of drug-likeness (QED) is 0.666. The molecule has 0 saturated carbocycles. The van der Waals surface area contributed by atoms with Crippen molar-refractivity contribution in [1.29, 1.82) is 0 Å². The molecule has 108 valence electrons. The molecule has 0 atom stereocenters. The molecule has 0 unspecified atom stereocenters. The summed E-state index contributed by atoms with van der Waals surface area (Å²) in [6.07, 6.45) is 1.94. The van der Waals surface area contributed by atoms with Crippen LogP contribution in [0.15, 0.2) is 40.9 Å². The number of aryl methyl sites for hydroxylation is 1. The van der Waals surface area contributed by atoms with Gasteiger partial charge in [0.05, 0.1) is 16.7 Å². The number of nitrogen functional groups attached to an aromatic ring is 1. The molecular weight excluding hydrogens is 350 g/mol. The average Bonchev–Trinajstić information content (AvgIpc) is 2.76. The van der Waals surface area contributed by atoms with Crippen LogP contribution in [0.4, 0.5) is 5.69 Å². The van der Waals surface area contributed by atoms with Crippen LogP contribution in [-0.2, 0) is 6.42 Å². The van der Waals surface area contributed by atoms with Crippen LogP contribution in [-0.4, -0.2) is 9.55 Å². The lowest BCUT2D eigenvalue weighted by Gasteiger charge is -2.11. The average molecular weight is 365 g/mol. The van der Waals surface area contributed by atoms with Gasteiger partial charge in [-0.2, -0.15) is 0 Å². The van der Waals surface area contributed by atoms with E-state index in [1.54, 1.807) is 0 Å². The van der Waals surface area contributed by atoms with Gasteiger partial charge in [-0.15, -0.1) is 0 Å². The zero-order chi connectivity index (χ0) is 15.0. The molecule has 0 fully saturated rings. The summed E-state index contributed by atoms with van der Waals surface area (Å²) in [5.74, 6) is 1.03. The van der Waals surface area contributed by atoms with Crippen molar-refractivity contribution < 1.29 is 0 Å². The van der Waals surface area contributed by atoms with Crippen LogP contribution in [0.5, 0.6) is 0 Å². The molecule has 0 aliphatic rings. The maximum Gasteiger partial charge on any atom is 0.114 e. The highest BCUT2D eigenvalue weighted by Gasteiger charge is 2.14. The lowest BCUT2D eigenvalue weighted by molar-refractivity contribution is 0.817. The van der Waals surface area contributed by atoms with E-state index in [1.165, 1.54) is 0 Å². The number of halogens is 2. The van der Waals surface area contributed by atoms with Crippen molar-refractivity contribution in [3.63, 3.8) is 0 Å². The molecule has 3 aromatic rings. The highest BCUT2D eigenvalue weighted by atomic mass is 79.9. The van der Waals surface area contributed by atoms with Crippen molar-refractivity contribution in [1.82, 2.24) is 9.55 Å². The van der Waals surface area contributed by atoms with E-state index in [0.29, 0.717) is 5.02 Å². The Bertz CT molecular complexity index is 811. The number of anilines is 1. The summed E-state index contributed by atoms with van der Waals surface area (Å²) in [7, 11) is 0. The fraction of sp³-hybridized carbons (Fsp3) is 0.188. The van der Waals surface area contributed by atoms with E-state index in [4.69, 9.17) is 22.3 Å². The van der Waals surface area contributed by atoms with Crippen LogP contribution in [0.25, 0.3) is 16.7 Å². The summed E-state index contributed by atoms with van der Waals surface area (Å²) < 4.78 is 3.11. The largest absolute Gasteiger partial charge is 0.399 e. The number of benzene rings is 2. The van der Waals surface area contributed by atoms with E-state index >= 15 is 0 Å². The normalized spacial score (nSPS) is 11.2. The third-order valence-corrected chi connectivity index (χ3v) is 4.24. The summed E-state index contributed by atoms with van der Waals surface area (Å²) >= 11 is 9.64. The van der Waals surface area contributed by atoms with Gasteiger partial charge in [0.25, 0.3) is 0 Å². The second kappa shape index (κ2) is 5.70. The van der Waals surface area contributed by atoms with E-state index < -0.39 is 0 Å². The molecule has 0 radical (unpaired) electrons. The van der Waals surface area contributed by atoms with Crippen LogP contribution in [0.3, 0.4) is 0 Å². The number of nitrogens with zero attached hydrogens (tertiary/aromatic N) is 2. The van der Waals surface area contributed by atoms with Crippen LogP contribution in [0, 0.1) is 0 Å². The zero-order valence-corrected chi connectivity index (χ0v) is 13.9. The second-order valence-electron chi connectivity index (χ2n) is 4.96. The van der Waals surface area contributed by atoms with Crippen molar-refractivity contribution in [2.45, 2.75) is 19.8 Å². The van der Waals surface area contributed by atoms with Gasteiger partial charge in [0.15, 0.2) is 0 Å². The van der Waals surface area contributed by atoms with E-state index in [0.717, 1.165) is 45.5 Å². The number of hydrogen-bond donors (Lipinski definition) is 1. The van der Waals surface area contributed by atoms with Gasteiger partial charge in [-0.05, 0) is 58.7 Å². The maximum atomic E-state index is 6.05. The molecule has 1 heterocycles. The van der Waals surface area contributed by atoms with E-state index in [2.05, 4.69) is 27.4 Å². The molecule has 0 bridgehead atoms. The zero-order valence-electron chi connectivity index (χ0n) is 11.6. The molecule has 0 saturated heterocycles. The van der Waals surface area contributed by atoms with Crippen LogP contribution < -0.4 is 5.73 Å². The van der Waals surface area contributed by atoms with Crippen molar-refractivity contribution in [3.05, 3.63) is 51.7 Å². The molecule has 3 rings (SSSR count). The standard InChI is InChI=1S/C16H15BrClN3/c1-2-3-16-20-13-9-11(19)5-7-15(13)21(16)14-6-4-10(18)8-12(14)17/h4-9H,2-3,19H2,1H3. The molecule has 5 heteroatoms. The lowest BCUT2D eigenvalue weighted by Crippen LogP contribution is -2.02. The Kier molecular flexibility index (Phi) is 3.91. The van der Waals surface area contributed by atoms with Gasteiger partial charge in [-0.25, -0.2) is 4.98 Å². The first-order valence-corrected chi connectivity index (χ1v) is 7.99. The second-order valence-corrected chi connectivity index (χ2v) is 6.25. The molecule has 0 aliphatic carbocycles. The predicted molar refractivity (Wildman–Crippen MR) is 92.2 cm³/mol. The summed E-state index contributed by atoms with van der Waals surface area (Å²) in [4.78, 5) is 4.73. The van der Waals surface area contributed by atoms with Gasteiger partial charge >= 0.3 is 0 Å². The minimum absolute atomic E-state index is 0.705. The van der Waals surface area contributed by atoms with Crippen molar-refractivity contribution in [2.24, 2.45) is 0 Å². The lowest BCUT2D eigenvalue weighted by atomic mass is 10.2. The molecule has 1 aromatic heterocycles. The Morgan fingerprint density at radius 1 is 1.24 bits per heavy atom. The molecule has 2 aromatic carbocycles. The Morgan fingerprint density at radius 3 is 2.76 bits per heavy atom. The maximum absolute atomic E-state index is 6.05. The topological polar surface area (TPSA) is 43.8 Å². The van der Waals surface area contributed by atoms with Gasteiger partial charge in [-0.3, -0.25) is 4.57 Å². The molecular formula is C16H15BrClN3. The first-order chi connectivity index (χ1) is 10.1. The molecule has 3 nitrogen and oxygen atoms in total. The number of nitrogens with two attached hydrogens (primary N) is 1. The van der Waals surface area contributed by atoms with Crippen LogP contribution in [0.2, 0.25) is 5.02 Å². The molecule has 2 N–H and O–H groups in total. The third-order valence-electron chi connectivity index (χ3n) is 3.37. The molecule has 0 spiro atoms. The number of fused-ring (bicyclic) bond motifs is 1. The van der Waals surface area contributed by atoms with E-state index in [-0.39, 0.29) is 0 Å². The summed E-state index contributed by atoms with van der Waals surface area (Å²) in [6.45, 7) is 2.15. The van der Waals surface area contributed by atoms with E-state index in [9.17, 15) is 0 Å². The van der Waals surface area contributed by atoms with Crippen LogP contribution in [0.1, 0.15) is 19.2 Å². The summed E-state index contributed by atoms with van der Waals surface area (Å²) in [5.41, 5.74) is 9.60. The summed E-state index contributed by atoms with van der Waals surface area (Å²) in [5, 5.41) is 0.705.